The number of carbonyl (C=O) groups is 1. The number of nitrogens with one attached hydrogen (secondary N) is 1. The Morgan fingerprint density at radius 1 is 0.737 bits per heavy atom. The van der Waals surface area contributed by atoms with Crippen LogP contribution in [0.2, 0.25) is 0 Å². The summed E-state index contributed by atoms with van der Waals surface area (Å²) in [4.78, 5) is 12.4. The van der Waals surface area contributed by atoms with E-state index in [1.54, 1.807) is 6.07 Å². The van der Waals surface area contributed by atoms with E-state index in [0.717, 1.165) is 22.3 Å². The van der Waals surface area contributed by atoms with Crippen LogP contribution in [0.15, 0.2) is 114 Å². The van der Waals surface area contributed by atoms with Gasteiger partial charge in [0.05, 0.1) is 5.56 Å². The molecule has 6 nitrogen and oxygen atoms in total. The first-order chi connectivity index (χ1) is 18.7. The molecule has 0 saturated heterocycles. The molecule has 0 fully saturated rings. The Morgan fingerprint density at radius 3 is 1.87 bits per heavy atom. The fourth-order valence-corrected chi connectivity index (χ4v) is 4.07. The molecule has 0 aliphatic carbocycles. The van der Waals surface area contributed by atoms with E-state index in [9.17, 15) is 4.79 Å². The molecule has 1 N–H and O–H groups in total. The maximum absolute atomic E-state index is 12.4. The second-order valence-corrected chi connectivity index (χ2v) is 8.69. The second kappa shape index (κ2) is 11.9. The Balaban J connectivity index is 1.58. The molecule has 5 aromatic rings. The van der Waals surface area contributed by atoms with Gasteiger partial charge in [-0.2, -0.15) is 0 Å². The lowest BCUT2D eigenvalue weighted by Gasteiger charge is -2.17. The van der Waals surface area contributed by atoms with Crippen molar-refractivity contribution in [3.8, 4) is 33.9 Å². The first-order valence-corrected chi connectivity index (χ1v) is 12.5. The standard InChI is InChI=1S/C32H28N2O4/c1-2-33-32(35)28-19-31(38-34-28)27-18-26(25-16-10-5-11-17-25)29(36-21-23-12-6-3-7-13-23)20-30(27)37-22-24-14-8-4-9-15-24/h3-20H,2,21-22H2,1H3,(H,33,35). The van der Waals surface area contributed by atoms with Crippen molar-refractivity contribution in [3.05, 3.63) is 126 Å². The number of carbonyl (C=O) groups excluding carboxylic acids is 1. The van der Waals surface area contributed by atoms with E-state index >= 15 is 0 Å². The highest BCUT2D eigenvalue weighted by Gasteiger charge is 2.20. The van der Waals surface area contributed by atoms with Crippen molar-refractivity contribution in [2.45, 2.75) is 20.1 Å². The molecule has 0 spiro atoms. The Labute approximate surface area is 221 Å². The number of benzene rings is 4. The van der Waals surface area contributed by atoms with E-state index in [4.69, 9.17) is 14.0 Å². The average molecular weight is 505 g/mol. The summed E-state index contributed by atoms with van der Waals surface area (Å²) in [7, 11) is 0. The Hall–Kier alpha value is -4.84. The summed E-state index contributed by atoms with van der Waals surface area (Å²) < 4.78 is 18.3. The van der Waals surface area contributed by atoms with E-state index in [1.165, 1.54) is 0 Å². The molecule has 0 atom stereocenters. The molecule has 1 aromatic heterocycles. The van der Waals surface area contributed by atoms with Gasteiger partial charge in [0.15, 0.2) is 11.5 Å². The third-order valence-electron chi connectivity index (χ3n) is 5.99. The molecule has 1 amide bonds. The number of hydrogen-bond acceptors (Lipinski definition) is 5. The smallest absolute Gasteiger partial charge is 0.273 e. The highest BCUT2D eigenvalue weighted by atomic mass is 16.5. The van der Waals surface area contributed by atoms with Gasteiger partial charge in [0.25, 0.3) is 5.91 Å². The van der Waals surface area contributed by atoms with E-state index in [2.05, 4.69) is 10.5 Å². The zero-order valence-electron chi connectivity index (χ0n) is 21.1. The highest BCUT2D eigenvalue weighted by molar-refractivity contribution is 5.93. The summed E-state index contributed by atoms with van der Waals surface area (Å²) in [6, 6.07) is 35.4. The fourth-order valence-electron chi connectivity index (χ4n) is 4.07. The van der Waals surface area contributed by atoms with Crippen LogP contribution >= 0.6 is 0 Å². The molecular weight excluding hydrogens is 476 g/mol. The lowest BCUT2D eigenvalue weighted by molar-refractivity contribution is 0.0947. The molecule has 0 radical (unpaired) electrons. The van der Waals surface area contributed by atoms with Crippen molar-refractivity contribution >= 4 is 5.91 Å². The third kappa shape index (κ3) is 5.93. The van der Waals surface area contributed by atoms with Gasteiger partial charge in [-0.15, -0.1) is 0 Å². The molecule has 0 bridgehead atoms. The van der Waals surface area contributed by atoms with Gasteiger partial charge in [0.1, 0.15) is 24.7 Å². The second-order valence-electron chi connectivity index (χ2n) is 8.69. The van der Waals surface area contributed by atoms with Crippen molar-refractivity contribution in [3.63, 3.8) is 0 Å². The van der Waals surface area contributed by atoms with Gasteiger partial charge in [-0.1, -0.05) is 96.2 Å². The maximum Gasteiger partial charge on any atom is 0.273 e. The van der Waals surface area contributed by atoms with Gasteiger partial charge in [-0.05, 0) is 29.7 Å². The van der Waals surface area contributed by atoms with Gasteiger partial charge in [0, 0.05) is 24.2 Å². The van der Waals surface area contributed by atoms with E-state index in [0.29, 0.717) is 42.6 Å². The van der Waals surface area contributed by atoms with Crippen molar-refractivity contribution in [2.75, 3.05) is 6.54 Å². The Bertz CT molecular complexity index is 1480. The minimum Gasteiger partial charge on any atom is -0.488 e. The zero-order valence-corrected chi connectivity index (χ0v) is 21.1. The number of amides is 1. The number of nitrogens with zero attached hydrogens (tertiary/aromatic N) is 1. The molecule has 1 heterocycles. The lowest BCUT2D eigenvalue weighted by atomic mass is 9.99. The minimum absolute atomic E-state index is 0.210. The van der Waals surface area contributed by atoms with Crippen LogP contribution in [-0.4, -0.2) is 17.6 Å². The van der Waals surface area contributed by atoms with E-state index in [1.807, 2.05) is 110 Å². The van der Waals surface area contributed by atoms with Crippen LogP contribution in [-0.2, 0) is 13.2 Å². The number of hydrogen-bond donors (Lipinski definition) is 1. The van der Waals surface area contributed by atoms with Gasteiger partial charge >= 0.3 is 0 Å². The lowest BCUT2D eigenvalue weighted by Crippen LogP contribution is -2.22. The predicted molar refractivity (Wildman–Crippen MR) is 147 cm³/mol. The van der Waals surface area contributed by atoms with Crippen LogP contribution in [0.3, 0.4) is 0 Å². The molecule has 0 aliphatic rings. The van der Waals surface area contributed by atoms with Gasteiger partial charge in [0.2, 0.25) is 0 Å². The van der Waals surface area contributed by atoms with Crippen molar-refractivity contribution < 1.29 is 18.8 Å². The normalized spacial score (nSPS) is 10.7. The summed E-state index contributed by atoms with van der Waals surface area (Å²) in [6.07, 6.45) is 0. The van der Waals surface area contributed by atoms with Gasteiger partial charge < -0.3 is 19.3 Å². The van der Waals surface area contributed by atoms with Crippen LogP contribution in [0.25, 0.3) is 22.5 Å². The molecule has 38 heavy (non-hydrogen) atoms. The Morgan fingerprint density at radius 2 is 1.29 bits per heavy atom. The first kappa shape index (κ1) is 24.8. The molecule has 0 unspecified atom stereocenters. The predicted octanol–water partition coefficient (Wildman–Crippen LogP) is 6.92. The van der Waals surface area contributed by atoms with Crippen molar-refractivity contribution in [1.29, 1.82) is 0 Å². The van der Waals surface area contributed by atoms with Crippen LogP contribution in [0.5, 0.6) is 11.5 Å². The summed E-state index contributed by atoms with van der Waals surface area (Å²) in [6.45, 7) is 3.11. The number of ether oxygens (including phenoxy) is 2. The SMILES string of the molecule is CCNC(=O)c1cc(-c2cc(-c3ccccc3)c(OCc3ccccc3)cc2OCc2ccccc2)on1. The van der Waals surface area contributed by atoms with Crippen molar-refractivity contribution in [2.24, 2.45) is 0 Å². The minimum atomic E-state index is -0.291. The third-order valence-corrected chi connectivity index (χ3v) is 5.99. The molecule has 5 rings (SSSR count). The van der Waals surface area contributed by atoms with Crippen molar-refractivity contribution in [1.82, 2.24) is 10.5 Å². The first-order valence-electron chi connectivity index (χ1n) is 12.5. The monoisotopic (exact) mass is 504 g/mol. The van der Waals surface area contributed by atoms with Gasteiger partial charge in [-0.3, -0.25) is 4.79 Å². The summed E-state index contributed by atoms with van der Waals surface area (Å²) >= 11 is 0. The number of aromatic nitrogens is 1. The largest absolute Gasteiger partial charge is 0.488 e. The number of rotatable bonds is 10. The molecule has 0 aliphatic heterocycles. The topological polar surface area (TPSA) is 73.6 Å². The fraction of sp³-hybridized carbons (Fsp3) is 0.125. The Kier molecular flexibility index (Phi) is 7.80. The van der Waals surface area contributed by atoms with E-state index in [-0.39, 0.29) is 11.6 Å². The van der Waals surface area contributed by atoms with E-state index < -0.39 is 0 Å². The molecule has 190 valence electrons. The molecule has 0 saturated carbocycles. The van der Waals surface area contributed by atoms with Crippen LogP contribution in [0.4, 0.5) is 0 Å². The molecular formula is C32H28N2O4. The average Bonchev–Trinajstić information content (AvgIpc) is 3.47. The van der Waals surface area contributed by atoms with Crippen LogP contribution < -0.4 is 14.8 Å². The zero-order chi connectivity index (χ0) is 26.2. The summed E-state index contributed by atoms with van der Waals surface area (Å²) in [5.74, 6) is 1.38. The van der Waals surface area contributed by atoms with Crippen LogP contribution in [0.1, 0.15) is 28.5 Å². The quantitative estimate of drug-likeness (QED) is 0.224. The molecule has 4 aromatic carbocycles. The molecule has 6 heteroatoms. The van der Waals surface area contributed by atoms with Gasteiger partial charge in [-0.25, -0.2) is 0 Å². The van der Waals surface area contributed by atoms with Crippen LogP contribution in [0, 0.1) is 0 Å². The summed E-state index contributed by atoms with van der Waals surface area (Å²) in [5.41, 5.74) is 4.83. The maximum atomic E-state index is 12.4. The highest BCUT2D eigenvalue weighted by Crippen LogP contribution is 2.42. The summed E-state index contributed by atoms with van der Waals surface area (Å²) in [5, 5.41) is 6.75.